The fourth-order valence-electron chi connectivity index (χ4n) is 3.82. The minimum atomic E-state index is -0.351. The molecule has 0 saturated heterocycles. The van der Waals surface area contributed by atoms with Gasteiger partial charge in [0.05, 0.1) is 6.61 Å². The molecule has 1 saturated carbocycles. The number of carbonyl (C=O) groups excluding carboxylic acids is 2. The van der Waals surface area contributed by atoms with Gasteiger partial charge in [0.2, 0.25) is 6.41 Å². The van der Waals surface area contributed by atoms with Crippen molar-refractivity contribution in [2.24, 2.45) is 0 Å². The molecule has 2 amide bonds. The number of hydrogen-bond acceptors (Lipinski definition) is 6. The SMILES string of the molecule is C1CCCC1.C=C/C1=C(\C=C)OCCCCCCCCCN(CCCNC=O)C(=O)OC1.CCO.CO. The average molecular weight is 527 g/mol. The molecule has 37 heavy (non-hydrogen) atoms. The van der Waals surface area contributed by atoms with Crippen LogP contribution in [-0.4, -0.2) is 74.2 Å². The molecule has 0 bridgehead atoms. The quantitative estimate of drug-likeness (QED) is 0.298. The first-order valence-corrected chi connectivity index (χ1v) is 13.9. The molecule has 1 fully saturated rings. The summed E-state index contributed by atoms with van der Waals surface area (Å²) in [4.78, 5) is 24.6. The minimum Gasteiger partial charge on any atom is -0.493 e. The molecule has 0 aromatic heterocycles. The maximum atomic E-state index is 12.5. The van der Waals surface area contributed by atoms with Crippen LogP contribution in [0.4, 0.5) is 4.79 Å². The third-order valence-electron chi connectivity index (χ3n) is 5.77. The molecule has 1 aliphatic carbocycles. The van der Waals surface area contributed by atoms with E-state index in [1.807, 2.05) is 0 Å². The molecule has 8 nitrogen and oxygen atoms in total. The highest BCUT2D eigenvalue weighted by molar-refractivity contribution is 5.67. The Kier molecular flexibility index (Phi) is 29.8. The predicted octanol–water partition coefficient (Wildman–Crippen LogP) is 5.51. The highest BCUT2D eigenvalue weighted by atomic mass is 16.6. The second-order valence-electron chi connectivity index (χ2n) is 8.67. The first kappa shape index (κ1) is 36.8. The number of nitrogens with one attached hydrogen (secondary N) is 1. The van der Waals surface area contributed by atoms with Gasteiger partial charge in [-0.2, -0.15) is 0 Å². The molecule has 0 radical (unpaired) electrons. The standard InChI is InChI=1S/C21H34N2O4.C5H10.C2H6O.CH4O/c1-3-19-17-27-21(25)23(15-12-13-22-18-24)14-10-8-6-5-7-9-11-16-26-20(19)4-2;1-2-4-5-3-1;1-2-3;1-2/h3-4,18H,1-2,5-17H2,(H,22,24);1-5H2;3H,2H2,1H3;2H,1H3/b20-19-;;;. The summed E-state index contributed by atoms with van der Waals surface area (Å²) in [5.74, 6) is 0.617. The highest BCUT2D eigenvalue weighted by Crippen LogP contribution is 2.15. The largest absolute Gasteiger partial charge is 0.493 e. The van der Waals surface area contributed by atoms with Gasteiger partial charge >= 0.3 is 6.09 Å². The van der Waals surface area contributed by atoms with Crippen molar-refractivity contribution in [2.45, 2.75) is 90.4 Å². The number of nitrogens with zero attached hydrogens (tertiary/aromatic N) is 1. The molecule has 1 aliphatic heterocycles. The second-order valence-corrected chi connectivity index (χ2v) is 8.67. The molecule has 0 unspecified atom stereocenters. The molecular weight excluding hydrogens is 472 g/mol. The second kappa shape index (κ2) is 29.9. The van der Waals surface area contributed by atoms with E-state index in [1.165, 1.54) is 51.4 Å². The normalized spacial score (nSPS) is 19.1. The van der Waals surface area contributed by atoms with Crippen LogP contribution in [-0.2, 0) is 14.3 Å². The zero-order chi connectivity index (χ0) is 28.0. The topological polar surface area (TPSA) is 108 Å². The Morgan fingerprint density at radius 2 is 1.41 bits per heavy atom. The molecule has 3 N–H and O–H groups in total. The Hall–Kier alpha value is -2.32. The van der Waals surface area contributed by atoms with Crippen molar-refractivity contribution in [3.63, 3.8) is 0 Å². The molecule has 8 heteroatoms. The maximum Gasteiger partial charge on any atom is 0.410 e. The lowest BCUT2D eigenvalue weighted by atomic mass is 10.1. The van der Waals surface area contributed by atoms with E-state index in [2.05, 4.69) is 18.5 Å². The van der Waals surface area contributed by atoms with E-state index >= 15 is 0 Å². The molecule has 216 valence electrons. The van der Waals surface area contributed by atoms with Crippen LogP contribution in [0.3, 0.4) is 0 Å². The van der Waals surface area contributed by atoms with Gasteiger partial charge in [0.1, 0.15) is 12.4 Å². The number of rotatable bonds is 7. The lowest BCUT2D eigenvalue weighted by molar-refractivity contribution is -0.109. The Labute approximate surface area is 225 Å². The van der Waals surface area contributed by atoms with Crippen molar-refractivity contribution in [1.82, 2.24) is 10.2 Å². The molecule has 2 rings (SSSR count). The van der Waals surface area contributed by atoms with E-state index in [1.54, 1.807) is 24.0 Å². The van der Waals surface area contributed by atoms with Crippen LogP contribution in [0.25, 0.3) is 0 Å². The van der Waals surface area contributed by atoms with Crippen LogP contribution in [0.2, 0.25) is 0 Å². The number of cyclic esters (lactones) is 1. The molecule has 1 heterocycles. The number of ether oxygens (including phenoxy) is 2. The van der Waals surface area contributed by atoms with Crippen molar-refractivity contribution in [3.8, 4) is 0 Å². The average Bonchev–Trinajstić information content (AvgIpc) is 3.51. The van der Waals surface area contributed by atoms with Crippen molar-refractivity contribution in [3.05, 3.63) is 36.6 Å². The summed E-state index contributed by atoms with van der Waals surface area (Å²) in [6.45, 7) is 12.0. The van der Waals surface area contributed by atoms with Gasteiger partial charge in [-0.1, -0.05) is 83.4 Å². The first-order valence-electron chi connectivity index (χ1n) is 13.9. The Morgan fingerprint density at radius 3 is 1.89 bits per heavy atom. The number of aliphatic hydroxyl groups excluding tert-OH is 2. The van der Waals surface area contributed by atoms with E-state index in [4.69, 9.17) is 19.7 Å². The fraction of sp³-hybridized carbons (Fsp3) is 0.724. The molecular formula is C29H54N2O6. The third kappa shape index (κ3) is 22.6. The van der Waals surface area contributed by atoms with Crippen molar-refractivity contribution in [2.75, 3.05) is 46.6 Å². The van der Waals surface area contributed by atoms with E-state index in [0.29, 0.717) is 50.4 Å². The van der Waals surface area contributed by atoms with E-state index in [9.17, 15) is 9.59 Å². The van der Waals surface area contributed by atoms with Crippen LogP contribution in [0.1, 0.15) is 90.4 Å². The Bertz CT molecular complexity index is 583. The summed E-state index contributed by atoms with van der Waals surface area (Å²) in [5, 5.41) is 17.2. The summed E-state index contributed by atoms with van der Waals surface area (Å²) in [5.41, 5.74) is 0.716. The Morgan fingerprint density at radius 1 is 0.892 bits per heavy atom. The van der Waals surface area contributed by atoms with E-state index in [0.717, 1.165) is 32.8 Å². The summed E-state index contributed by atoms with van der Waals surface area (Å²) >= 11 is 0. The van der Waals surface area contributed by atoms with Gasteiger partial charge < -0.3 is 29.9 Å². The van der Waals surface area contributed by atoms with Crippen molar-refractivity contribution >= 4 is 12.5 Å². The molecule has 0 aromatic carbocycles. The van der Waals surface area contributed by atoms with Crippen LogP contribution >= 0.6 is 0 Å². The highest BCUT2D eigenvalue weighted by Gasteiger charge is 2.16. The summed E-state index contributed by atoms with van der Waals surface area (Å²) in [6, 6.07) is 0. The third-order valence-corrected chi connectivity index (χ3v) is 5.77. The fourth-order valence-corrected chi connectivity index (χ4v) is 3.82. The van der Waals surface area contributed by atoms with Gasteiger partial charge in [-0.15, -0.1) is 0 Å². The molecule has 2 aliphatic rings. The monoisotopic (exact) mass is 526 g/mol. The molecule has 0 atom stereocenters. The minimum absolute atomic E-state index is 0.104. The number of allylic oxidation sites excluding steroid dienone is 1. The van der Waals surface area contributed by atoms with E-state index < -0.39 is 0 Å². The predicted molar refractivity (Wildman–Crippen MR) is 151 cm³/mol. The van der Waals surface area contributed by atoms with E-state index in [-0.39, 0.29) is 19.3 Å². The van der Waals surface area contributed by atoms with Gasteiger partial charge in [0.25, 0.3) is 0 Å². The zero-order valence-corrected chi connectivity index (χ0v) is 23.6. The molecule has 0 spiro atoms. The maximum absolute atomic E-state index is 12.5. The van der Waals surface area contributed by atoms with Gasteiger partial charge in [-0.25, -0.2) is 4.79 Å². The smallest absolute Gasteiger partial charge is 0.410 e. The summed E-state index contributed by atoms with van der Waals surface area (Å²) in [7, 11) is 1.00. The van der Waals surface area contributed by atoms with Gasteiger partial charge in [-0.05, 0) is 32.3 Å². The number of carbonyl (C=O) groups is 2. The zero-order valence-electron chi connectivity index (χ0n) is 23.6. The molecule has 0 aromatic rings. The first-order chi connectivity index (χ1) is 18.1. The van der Waals surface area contributed by atoms with Crippen molar-refractivity contribution in [1.29, 1.82) is 0 Å². The summed E-state index contributed by atoms with van der Waals surface area (Å²) in [6.07, 6.45) is 19.6. The summed E-state index contributed by atoms with van der Waals surface area (Å²) < 4.78 is 11.3. The van der Waals surface area contributed by atoms with Gasteiger partial charge in [-0.3, -0.25) is 4.79 Å². The van der Waals surface area contributed by atoms with Gasteiger partial charge in [0.15, 0.2) is 0 Å². The number of amides is 2. The number of aliphatic hydroxyl groups is 2. The van der Waals surface area contributed by atoms with Crippen LogP contribution in [0, 0.1) is 0 Å². The number of hydrogen-bond donors (Lipinski definition) is 3. The van der Waals surface area contributed by atoms with Crippen molar-refractivity contribution < 1.29 is 29.3 Å². The Balaban J connectivity index is 0. The lowest BCUT2D eigenvalue weighted by Gasteiger charge is -2.23. The van der Waals surface area contributed by atoms with Gasteiger partial charge in [0, 0.05) is 38.9 Å². The van der Waals surface area contributed by atoms with Crippen LogP contribution < -0.4 is 5.32 Å². The van der Waals surface area contributed by atoms with Crippen LogP contribution in [0.15, 0.2) is 36.6 Å². The lowest BCUT2D eigenvalue weighted by Crippen LogP contribution is -2.35. The van der Waals surface area contributed by atoms with Crippen LogP contribution in [0.5, 0.6) is 0 Å².